The molecule has 0 spiro atoms. The van der Waals surface area contributed by atoms with Crippen molar-refractivity contribution in [3.8, 4) is 6.07 Å². The van der Waals surface area contributed by atoms with Crippen molar-refractivity contribution in [1.29, 1.82) is 5.26 Å². The van der Waals surface area contributed by atoms with E-state index in [2.05, 4.69) is 36.4 Å². The van der Waals surface area contributed by atoms with Gasteiger partial charge in [0.2, 0.25) is 5.91 Å². The second-order valence-corrected chi connectivity index (χ2v) is 6.78. The second kappa shape index (κ2) is 9.12. The third-order valence-electron chi connectivity index (χ3n) is 4.56. The summed E-state index contributed by atoms with van der Waals surface area (Å²) in [5.74, 6) is -0.477. The summed E-state index contributed by atoms with van der Waals surface area (Å²) >= 11 is 0. The Balaban J connectivity index is 1.69. The summed E-state index contributed by atoms with van der Waals surface area (Å²) in [4.78, 5) is 16.3. The summed E-state index contributed by atoms with van der Waals surface area (Å²) in [5.41, 5.74) is 1.72. The Kier molecular flexibility index (Phi) is 6.36. The van der Waals surface area contributed by atoms with Gasteiger partial charge in [0.1, 0.15) is 5.82 Å². The monoisotopic (exact) mass is 375 g/mol. The van der Waals surface area contributed by atoms with Gasteiger partial charge in [0.15, 0.2) is 0 Å². The Morgan fingerprint density at radius 2 is 1.75 bits per heavy atom. The van der Waals surface area contributed by atoms with E-state index in [9.17, 15) is 9.18 Å². The van der Waals surface area contributed by atoms with E-state index >= 15 is 0 Å². The first-order valence-corrected chi connectivity index (χ1v) is 9.16. The predicted octanol–water partition coefficient (Wildman–Crippen LogP) is 4.36. The molecule has 4 nitrogen and oxygen atoms in total. The number of nitrogens with zero attached hydrogens (tertiary/aromatic N) is 3. The standard InChI is InChI=1S/C23H22FN3O/c1-26(16-18-7-8-19-5-2-3-6-20(19)15-18)17-23(28)27(14-4-13-25)22-11-9-21(24)10-12-22/h2-3,5-12,15H,4,14,16-17H2,1H3. The number of carbonyl (C=O) groups excluding carboxylic acids is 1. The average Bonchev–Trinajstić information content (AvgIpc) is 2.69. The minimum atomic E-state index is -0.357. The molecule has 0 saturated heterocycles. The Hall–Kier alpha value is -3.23. The second-order valence-electron chi connectivity index (χ2n) is 6.78. The predicted molar refractivity (Wildman–Crippen MR) is 109 cm³/mol. The van der Waals surface area contributed by atoms with E-state index < -0.39 is 0 Å². The zero-order valence-electron chi connectivity index (χ0n) is 15.8. The van der Waals surface area contributed by atoms with Crippen molar-refractivity contribution in [2.75, 3.05) is 25.0 Å². The molecule has 3 aromatic carbocycles. The zero-order valence-corrected chi connectivity index (χ0v) is 15.8. The summed E-state index contributed by atoms with van der Waals surface area (Å²) in [6.45, 7) is 1.12. The molecule has 0 aliphatic carbocycles. The van der Waals surface area contributed by atoms with Crippen LogP contribution >= 0.6 is 0 Å². The Morgan fingerprint density at radius 3 is 2.46 bits per heavy atom. The Labute approximate surface area is 164 Å². The van der Waals surface area contributed by atoms with Crippen molar-refractivity contribution in [3.63, 3.8) is 0 Å². The van der Waals surface area contributed by atoms with Crippen LogP contribution in [0.15, 0.2) is 66.7 Å². The molecule has 0 N–H and O–H groups in total. The summed E-state index contributed by atoms with van der Waals surface area (Å²) in [6, 6.07) is 22.3. The van der Waals surface area contributed by atoms with Crippen LogP contribution in [0.3, 0.4) is 0 Å². The molecule has 5 heteroatoms. The van der Waals surface area contributed by atoms with E-state index in [0.717, 1.165) is 5.56 Å². The van der Waals surface area contributed by atoms with Gasteiger partial charge in [-0.2, -0.15) is 5.26 Å². The summed E-state index contributed by atoms with van der Waals surface area (Å²) in [7, 11) is 1.89. The van der Waals surface area contributed by atoms with Crippen LogP contribution in [0.2, 0.25) is 0 Å². The molecule has 0 aromatic heterocycles. The number of carbonyl (C=O) groups is 1. The van der Waals surface area contributed by atoms with Gasteiger partial charge in [-0.05, 0) is 53.7 Å². The van der Waals surface area contributed by atoms with Crippen LogP contribution in [0.5, 0.6) is 0 Å². The van der Waals surface area contributed by atoms with Crippen LogP contribution in [0.25, 0.3) is 10.8 Å². The van der Waals surface area contributed by atoms with E-state index in [4.69, 9.17) is 5.26 Å². The minimum absolute atomic E-state index is 0.120. The number of hydrogen-bond donors (Lipinski definition) is 0. The number of amides is 1. The molecule has 0 unspecified atom stereocenters. The lowest BCUT2D eigenvalue weighted by atomic mass is 10.1. The highest BCUT2D eigenvalue weighted by Gasteiger charge is 2.17. The first-order chi connectivity index (χ1) is 13.6. The van der Waals surface area contributed by atoms with Gasteiger partial charge < -0.3 is 4.90 Å². The van der Waals surface area contributed by atoms with Gasteiger partial charge in [0.25, 0.3) is 0 Å². The van der Waals surface area contributed by atoms with Gasteiger partial charge in [-0.25, -0.2) is 4.39 Å². The Morgan fingerprint density at radius 1 is 1.04 bits per heavy atom. The van der Waals surface area contributed by atoms with E-state index in [1.807, 2.05) is 24.1 Å². The molecule has 0 heterocycles. The molecule has 142 valence electrons. The number of halogens is 1. The lowest BCUT2D eigenvalue weighted by molar-refractivity contribution is -0.119. The first kappa shape index (κ1) is 19.5. The number of hydrogen-bond acceptors (Lipinski definition) is 3. The summed E-state index contributed by atoms with van der Waals surface area (Å²) < 4.78 is 13.2. The summed E-state index contributed by atoms with van der Waals surface area (Å²) in [5, 5.41) is 11.2. The lowest BCUT2D eigenvalue weighted by Crippen LogP contribution is -2.39. The van der Waals surface area contributed by atoms with Crippen molar-refractivity contribution >= 4 is 22.4 Å². The van der Waals surface area contributed by atoms with Crippen LogP contribution in [0, 0.1) is 17.1 Å². The van der Waals surface area contributed by atoms with E-state index in [-0.39, 0.29) is 31.2 Å². The maximum absolute atomic E-state index is 13.2. The molecule has 0 aliphatic rings. The van der Waals surface area contributed by atoms with Crippen LogP contribution in [-0.2, 0) is 11.3 Å². The molecule has 0 bridgehead atoms. The van der Waals surface area contributed by atoms with E-state index in [1.54, 1.807) is 17.0 Å². The largest absolute Gasteiger partial charge is 0.310 e. The van der Waals surface area contributed by atoms with Gasteiger partial charge in [-0.15, -0.1) is 0 Å². The number of rotatable bonds is 7. The zero-order chi connectivity index (χ0) is 19.9. The van der Waals surface area contributed by atoms with Crippen molar-refractivity contribution < 1.29 is 9.18 Å². The number of fused-ring (bicyclic) bond motifs is 1. The van der Waals surface area contributed by atoms with E-state index in [0.29, 0.717) is 12.2 Å². The summed E-state index contributed by atoms with van der Waals surface area (Å²) in [6.07, 6.45) is 0.220. The molecule has 1 amide bonds. The molecule has 3 rings (SSSR count). The SMILES string of the molecule is CN(CC(=O)N(CCC#N)c1ccc(F)cc1)Cc1ccc2ccccc2c1. The lowest BCUT2D eigenvalue weighted by Gasteiger charge is -2.25. The van der Waals surface area contributed by atoms with Crippen LogP contribution in [0.1, 0.15) is 12.0 Å². The third kappa shape index (κ3) is 4.93. The quantitative estimate of drug-likeness (QED) is 0.616. The number of anilines is 1. The normalized spacial score (nSPS) is 10.8. The highest BCUT2D eigenvalue weighted by Crippen LogP contribution is 2.18. The molecule has 0 saturated carbocycles. The minimum Gasteiger partial charge on any atom is -0.310 e. The fourth-order valence-electron chi connectivity index (χ4n) is 3.20. The molecule has 0 fully saturated rings. The average molecular weight is 375 g/mol. The number of benzene rings is 3. The van der Waals surface area contributed by atoms with Gasteiger partial charge in [-0.1, -0.05) is 36.4 Å². The fourth-order valence-corrected chi connectivity index (χ4v) is 3.20. The van der Waals surface area contributed by atoms with Gasteiger partial charge in [0.05, 0.1) is 19.0 Å². The molecular formula is C23H22FN3O. The van der Waals surface area contributed by atoms with Gasteiger partial charge in [-0.3, -0.25) is 9.69 Å². The van der Waals surface area contributed by atoms with Crippen LogP contribution < -0.4 is 4.90 Å². The van der Waals surface area contributed by atoms with Crippen LogP contribution in [-0.4, -0.2) is 30.9 Å². The smallest absolute Gasteiger partial charge is 0.241 e. The van der Waals surface area contributed by atoms with E-state index in [1.165, 1.54) is 22.9 Å². The number of likely N-dealkylation sites (N-methyl/N-ethyl adjacent to an activating group) is 1. The first-order valence-electron chi connectivity index (χ1n) is 9.16. The number of nitriles is 1. The van der Waals surface area contributed by atoms with Crippen LogP contribution in [0.4, 0.5) is 10.1 Å². The maximum Gasteiger partial charge on any atom is 0.241 e. The maximum atomic E-state index is 13.2. The molecule has 0 radical (unpaired) electrons. The topological polar surface area (TPSA) is 47.3 Å². The fraction of sp³-hybridized carbons (Fsp3) is 0.217. The van der Waals surface area contributed by atoms with Crippen molar-refractivity contribution in [1.82, 2.24) is 4.90 Å². The highest BCUT2D eigenvalue weighted by atomic mass is 19.1. The van der Waals surface area contributed by atoms with Gasteiger partial charge in [0, 0.05) is 18.8 Å². The van der Waals surface area contributed by atoms with Crippen molar-refractivity contribution in [3.05, 3.63) is 78.1 Å². The Bertz CT molecular complexity index is 995. The highest BCUT2D eigenvalue weighted by molar-refractivity contribution is 5.94. The molecule has 28 heavy (non-hydrogen) atoms. The van der Waals surface area contributed by atoms with Gasteiger partial charge >= 0.3 is 0 Å². The molecule has 0 atom stereocenters. The third-order valence-corrected chi connectivity index (χ3v) is 4.56. The molecule has 0 aliphatic heterocycles. The molecule has 3 aromatic rings. The van der Waals surface area contributed by atoms with Crippen molar-refractivity contribution in [2.45, 2.75) is 13.0 Å². The molecular weight excluding hydrogens is 353 g/mol. The van der Waals surface area contributed by atoms with Crippen molar-refractivity contribution in [2.24, 2.45) is 0 Å².